The summed E-state index contributed by atoms with van der Waals surface area (Å²) < 4.78 is 10.2. The number of rotatable bonds is 5. The van der Waals surface area contributed by atoms with E-state index in [4.69, 9.17) is 20.8 Å². The summed E-state index contributed by atoms with van der Waals surface area (Å²) in [6, 6.07) is 15.4. The van der Waals surface area contributed by atoms with E-state index in [1.807, 2.05) is 18.2 Å². The summed E-state index contributed by atoms with van der Waals surface area (Å²) in [6.45, 7) is -0.507. The van der Waals surface area contributed by atoms with Gasteiger partial charge in [0.1, 0.15) is 0 Å². The van der Waals surface area contributed by atoms with E-state index in [0.717, 1.165) is 5.56 Å². The molecule has 0 unspecified atom stereocenters. The number of carbonyl (C=O) groups is 2. The van der Waals surface area contributed by atoms with E-state index in [2.05, 4.69) is 15.5 Å². The van der Waals surface area contributed by atoms with Crippen molar-refractivity contribution in [1.82, 2.24) is 10.2 Å². The van der Waals surface area contributed by atoms with Crippen molar-refractivity contribution < 1.29 is 18.7 Å². The molecule has 0 bridgehead atoms. The van der Waals surface area contributed by atoms with Gasteiger partial charge in [0.2, 0.25) is 5.89 Å². The van der Waals surface area contributed by atoms with E-state index in [9.17, 15) is 9.59 Å². The Morgan fingerprint density at radius 1 is 1.04 bits per heavy atom. The van der Waals surface area contributed by atoms with Gasteiger partial charge >= 0.3 is 12.0 Å². The smallest absolute Gasteiger partial charge is 0.340 e. The number of aromatic nitrogens is 2. The van der Waals surface area contributed by atoms with E-state index >= 15 is 0 Å². The topological polar surface area (TPSA) is 94.3 Å². The average Bonchev–Trinajstić information content (AvgIpc) is 3.09. The molecule has 0 saturated carbocycles. The number of anilines is 1. The molecule has 0 radical (unpaired) electrons. The van der Waals surface area contributed by atoms with Gasteiger partial charge in [0.05, 0.1) is 10.6 Å². The molecule has 25 heavy (non-hydrogen) atoms. The predicted molar refractivity (Wildman–Crippen MR) is 90.1 cm³/mol. The van der Waals surface area contributed by atoms with Crippen LogP contribution >= 0.6 is 11.6 Å². The van der Waals surface area contributed by atoms with Crippen LogP contribution in [0, 0.1) is 0 Å². The van der Waals surface area contributed by atoms with Gasteiger partial charge in [-0.3, -0.25) is 10.1 Å². The molecule has 126 valence electrons. The van der Waals surface area contributed by atoms with Crippen LogP contribution in [-0.4, -0.2) is 28.7 Å². The first-order valence-electron chi connectivity index (χ1n) is 7.24. The lowest BCUT2D eigenvalue weighted by Gasteiger charge is -2.05. The second kappa shape index (κ2) is 7.59. The lowest BCUT2D eigenvalue weighted by atomic mass is 10.2. The normalized spacial score (nSPS) is 10.3. The summed E-state index contributed by atoms with van der Waals surface area (Å²) in [5, 5.41) is 10.2. The minimum atomic E-state index is -0.698. The fourth-order valence-electron chi connectivity index (χ4n) is 1.96. The Bertz CT molecular complexity index is 896. The van der Waals surface area contributed by atoms with Crippen LogP contribution in [0.2, 0.25) is 5.02 Å². The predicted octanol–water partition coefficient (Wildman–Crippen LogP) is 3.19. The van der Waals surface area contributed by atoms with Gasteiger partial charge in [-0.15, -0.1) is 5.10 Å². The van der Waals surface area contributed by atoms with Crippen LogP contribution in [0.3, 0.4) is 0 Å². The first kappa shape index (κ1) is 16.7. The lowest BCUT2D eigenvalue weighted by Crippen LogP contribution is -2.21. The monoisotopic (exact) mass is 357 g/mol. The van der Waals surface area contributed by atoms with Crippen LogP contribution in [0.15, 0.2) is 59.0 Å². The van der Waals surface area contributed by atoms with E-state index in [1.165, 1.54) is 6.07 Å². The molecule has 1 N–H and O–H groups in total. The van der Waals surface area contributed by atoms with Gasteiger partial charge in [0.15, 0.2) is 6.61 Å². The number of hydrogen-bond donors (Lipinski definition) is 1. The molecule has 2 aromatic carbocycles. The Kier molecular flexibility index (Phi) is 5.06. The highest BCUT2D eigenvalue weighted by Gasteiger charge is 2.15. The van der Waals surface area contributed by atoms with Crippen LogP contribution in [-0.2, 0) is 9.53 Å². The Morgan fingerprint density at radius 3 is 2.52 bits per heavy atom. The number of nitrogens with zero attached hydrogens (tertiary/aromatic N) is 2. The van der Waals surface area contributed by atoms with Gasteiger partial charge in [0.25, 0.3) is 5.91 Å². The van der Waals surface area contributed by atoms with Gasteiger partial charge in [-0.2, -0.15) is 0 Å². The zero-order valence-corrected chi connectivity index (χ0v) is 13.6. The van der Waals surface area contributed by atoms with Crippen LogP contribution in [0.1, 0.15) is 10.4 Å². The van der Waals surface area contributed by atoms with Crippen molar-refractivity contribution in [2.45, 2.75) is 0 Å². The fourth-order valence-corrected chi connectivity index (χ4v) is 2.17. The first-order chi connectivity index (χ1) is 12.1. The molecule has 0 aliphatic carbocycles. The molecule has 0 spiro atoms. The number of benzene rings is 2. The lowest BCUT2D eigenvalue weighted by molar-refractivity contribution is -0.119. The SMILES string of the molecule is O=C(COC(=O)c1ccccc1Cl)Nc1nnc(-c2ccccc2)o1. The minimum absolute atomic E-state index is 0.0855. The van der Waals surface area contributed by atoms with Crippen LogP contribution in [0.4, 0.5) is 6.01 Å². The Morgan fingerprint density at radius 2 is 1.76 bits per heavy atom. The molecule has 3 aromatic rings. The molecule has 1 heterocycles. The van der Waals surface area contributed by atoms with E-state index in [-0.39, 0.29) is 22.5 Å². The molecule has 3 rings (SSSR count). The molecule has 1 aromatic heterocycles. The maximum atomic E-state index is 11.9. The Balaban J connectivity index is 1.56. The molecule has 0 fully saturated rings. The van der Waals surface area contributed by atoms with Gasteiger partial charge in [-0.25, -0.2) is 4.79 Å². The van der Waals surface area contributed by atoms with Gasteiger partial charge in [-0.1, -0.05) is 47.0 Å². The first-order valence-corrected chi connectivity index (χ1v) is 7.62. The fraction of sp³-hybridized carbons (Fsp3) is 0.0588. The molecule has 0 aliphatic heterocycles. The second-order valence-corrected chi connectivity index (χ2v) is 5.29. The van der Waals surface area contributed by atoms with Gasteiger partial charge in [-0.05, 0) is 24.3 Å². The van der Waals surface area contributed by atoms with Crippen molar-refractivity contribution in [2.75, 3.05) is 11.9 Å². The Labute approximate surface area is 147 Å². The summed E-state index contributed by atoms with van der Waals surface area (Å²) in [5.41, 5.74) is 0.904. The molecule has 0 atom stereocenters. The van der Waals surface area contributed by atoms with Crippen LogP contribution in [0.5, 0.6) is 0 Å². The number of halogens is 1. The molecule has 0 saturated heterocycles. The average molecular weight is 358 g/mol. The second-order valence-electron chi connectivity index (χ2n) is 4.88. The summed E-state index contributed by atoms with van der Waals surface area (Å²) in [7, 11) is 0. The molecular formula is C17H12ClN3O4. The molecule has 8 heteroatoms. The van der Waals surface area contributed by atoms with Crippen LogP contribution < -0.4 is 5.32 Å². The third-order valence-corrected chi connectivity index (χ3v) is 3.45. The third kappa shape index (κ3) is 4.21. The molecule has 0 aliphatic rings. The molecule has 1 amide bonds. The van der Waals surface area contributed by atoms with Crippen molar-refractivity contribution in [3.05, 3.63) is 65.2 Å². The van der Waals surface area contributed by atoms with Gasteiger partial charge < -0.3 is 9.15 Å². The number of carbonyl (C=O) groups excluding carboxylic acids is 2. The zero-order valence-electron chi connectivity index (χ0n) is 12.8. The van der Waals surface area contributed by atoms with E-state index in [1.54, 1.807) is 30.3 Å². The van der Waals surface area contributed by atoms with Crippen molar-refractivity contribution in [1.29, 1.82) is 0 Å². The third-order valence-electron chi connectivity index (χ3n) is 3.12. The van der Waals surface area contributed by atoms with Crippen molar-refractivity contribution >= 4 is 29.5 Å². The number of esters is 1. The molecule has 7 nitrogen and oxygen atoms in total. The number of hydrogen-bond acceptors (Lipinski definition) is 6. The highest BCUT2D eigenvalue weighted by molar-refractivity contribution is 6.33. The quantitative estimate of drug-likeness (QED) is 0.705. The van der Waals surface area contributed by atoms with E-state index in [0.29, 0.717) is 0 Å². The largest absolute Gasteiger partial charge is 0.452 e. The van der Waals surface area contributed by atoms with Gasteiger partial charge in [0, 0.05) is 5.56 Å². The molecular weight excluding hydrogens is 346 g/mol. The Hall–Kier alpha value is -3.19. The number of nitrogens with one attached hydrogen (secondary N) is 1. The van der Waals surface area contributed by atoms with E-state index < -0.39 is 18.5 Å². The minimum Gasteiger partial charge on any atom is -0.452 e. The summed E-state index contributed by atoms with van der Waals surface area (Å²) >= 11 is 5.89. The maximum Gasteiger partial charge on any atom is 0.340 e. The van der Waals surface area contributed by atoms with Crippen molar-refractivity contribution in [3.63, 3.8) is 0 Å². The van der Waals surface area contributed by atoms with Crippen molar-refractivity contribution in [3.8, 4) is 11.5 Å². The standard InChI is InChI=1S/C17H12ClN3O4/c18-13-9-5-4-8-12(13)16(23)24-10-14(22)19-17-21-20-15(25-17)11-6-2-1-3-7-11/h1-9H,10H2,(H,19,21,22). The highest BCUT2D eigenvalue weighted by atomic mass is 35.5. The number of amides is 1. The van der Waals surface area contributed by atoms with Crippen molar-refractivity contribution in [2.24, 2.45) is 0 Å². The highest BCUT2D eigenvalue weighted by Crippen LogP contribution is 2.19. The zero-order chi connectivity index (χ0) is 17.6. The maximum absolute atomic E-state index is 11.9. The summed E-state index contributed by atoms with van der Waals surface area (Å²) in [5.74, 6) is -1.04. The van der Waals surface area contributed by atoms with Crippen LogP contribution in [0.25, 0.3) is 11.5 Å². The number of ether oxygens (including phenoxy) is 1. The summed E-state index contributed by atoms with van der Waals surface area (Å²) in [4.78, 5) is 23.7. The summed E-state index contributed by atoms with van der Waals surface area (Å²) in [6.07, 6.45) is 0.